The fourth-order valence-electron chi connectivity index (χ4n) is 0.840. The number of rotatable bonds is 5. The van der Waals surface area contributed by atoms with Gasteiger partial charge in [0.25, 0.3) is 0 Å². The van der Waals surface area contributed by atoms with Gasteiger partial charge in [-0.2, -0.15) is 0 Å². The summed E-state index contributed by atoms with van der Waals surface area (Å²) in [5.74, 6) is 0.787. The van der Waals surface area contributed by atoms with Crippen LogP contribution in [0.25, 0.3) is 0 Å². The van der Waals surface area contributed by atoms with Crippen LogP contribution in [-0.4, -0.2) is 24.9 Å². The highest BCUT2D eigenvalue weighted by Crippen LogP contribution is 2.18. The molecule has 1 aromatic rings. The minimum atomic E-state index is 0.544. The maximum absolute atomic E-state index is 8.70. The van der Waals surface area contributed by atoms with Crippen molar-refractivity contribution >= 4 is 12.0 Å². The zero-order chi connectivity index (χ0) is 9.52. The molecule has 0 atom stereocenters. The molecule has 13 heavy (non-hydrogen) atoms. The zero-order valence-electron chi connectivity index (χ0n) is 7.40. The van der Waals surface area contributed by atoms with Gasteiger partial charge in [-0.05, 0) is 24.3 Å². The van der Waals surface area contributed by atoms with Crippen LogP contribution in [0.2, 0.25) is 0 Å². The van der Waals surface area contributed by atoms with E-state index in [0.717, 1.165) is 22.7 Å². The summed E-state index contributed by atoms with van der Waals surface area (Å²) < 4.78 is 18.9. The van der Waals surface area contributed by atoms with Gasteiger partial charge in [0, 0.05) is 24.0 Å². The molecule has 0 radical (unpaired) electrons. The number of ether oxygens (including phenoxy) is 2. The van der Waals surface area contributed by atoms with Crippen molar-refractivity contribution in [2.75, 3.05) is 20.3 Å². The van der Waals surface area contributed by atoms with Crippen LogP contribution >= 0.6 is 12.0 Å². The average Bonchev–Trinajstić information content (AvgIpc) is 2.19. The summed E-state index contributed by atoms with van der Waals surface area (Å²) in [6, 6.07) is 7.22. The molecule has 0 aliphatic heterocycles. The van der Waals surface area contributed by atoms with Crippen molar-refractivity contribution < 1.29 is 14.0 Å². The molecule has 0 aromatic heterocycles. The molecule has 0 spiro atoms. The number of methoxy groups -OCH3 is 1. The molecule has 72 valence electrons. The standard InChI is InChI=1S/C9H12O3S/c1-11-6-7-12-8-2-4-9(13-10)5-3-8/h2-5,10H,6-7H2,1H3. The molecule has 0 amide bonds. The van der Waals surface area contributed by atoms with Crippen LogP contribution < -0.4 is 4.74 Å². The molecular formula is C9H12O3S. The van der Waals surface area contributed by atoms with Crippen LogP contribution in [0.3, 0.4) is 0 Å². The van der Waals surface area contributed by atoms with E-state index in [9.17, 15) is 0 Å². The van der Waals surface area contributed by atoms with Gasteiger partial charge < -0.3 is 14.0 Å². The Morgan fingerprint density at radius 1 is 1.23 bits per heavy atom. The van der Waals surface area contributed by atoms with Crippen LogP contribution in [0.5, 0.6) is 5.75 Å². The SMILES string of the molecule is COCCOc1ccc(SO)cc1. The van der Waals surface area contributed by atoms with E-state index in [4.69, 9.17) is 14.0 Å². The van der Waals surface area contributed by atoms with Gasteiger partial charge in [-0.25, -0.2) is 0 Å². The van der Waals surface area contributed by atoms with Gasteiger partial charge in [-0.3, -0.25) is 0 Å². The zero-order valence-corrected chi connectivity index (χ0v) is 8.21. The molecule has 0 saturated heterocycles. The van der Waals surface area contributed by atoms with Gasteiger partial charge in [0.15, 0.2) is 0 Å². The molecule has 4 heteroatoms. The summed E-state index contributed by atoms with van der Waals surface area (Å²) in [5, 5.41) is 0. The first-order chi connectivity index (χ1) is 6.36. The smallest absolute Gasteiger partial charge is 0.119 e. The highest BCUT2D eigenvalue weighted by atomic mass is 32.2. The third-order valence-corrected chi connectivity index (χ3v) is 1.97. The van der Waals surface area contributed by atoms with E-state index in [2.05, 4.69) is 0 Å². The second kappa shape index (κ2) is 5.85. The average molecular weight is 200 g/mol. The van der Waals surface area contributed by atoms with Crippen LogP contribution in [0.4, 0.5) is 0 Å². The van der Waals surface area contributed by atoms with Gasteiger partial charge >= 0.3 is 0 Å². The number of hydrogen-bond donors (Lipinski definition) is 1. The molecule has 1 aromatic carbocycles. The summed E-state index contributed by atoms with van der Waals surface area (Å²) in [7, 11) is 1.63. The molecule has 0 aliphatic carbocycles. The molecule has 0 unspecified atom stereocenters. The lowest BCUT2D eigenvalue weighted by Gasteiger charge is -2.04. The Balaban J connectivity index is 2.40. The minimum absolute atomic E-state index is 0.544. The number of hydrogen-bond acceptors (Lipinski definition) is 4. The van der Waals surface area contributed by atoms with Crippen LogP contribution in [0, 0.1) is 0 Å². The number of benzene rings is 1. The van der Waals surface area contributed by atoms with Crippen molar-refractivity contribution in [1.29, 1.82) is 0 Å². The van der Waals surface area contributed by atoms with Crippen LogP contribution in [0.1, 0.15) is 0 Å². The van der Waals surface area contributed by atoms with Crippen molar-refractivity contribution in [3.63, 3.8) is 0 Å². The van der Waals surface area contributed by atoms with Crippen molar-refractivity contribution in [2.45, 2.75) is 4.90 Å². The van der Waals surface area contributed by atoms with Crippen molar-refractivity contribution in [3.05, 3.63) is 24.3 Å². The lowest BCUT2D eigenvalue weighted by atomic mass is 10.3. The first-order valence-corrected chi connectivity index (χ1v) is 4.67. The quantitative estimate of drug-likeness (QED) is 0.584. The van der Waals surface area contributed by atoms with E-state index in [-0.39, 0.29) is 0 Å². The first kappa shape index (κ1) is 10.4. The maximum Gasteiger partial charge on any atom is 0.119 e. The fraction of sp³-hybridized carbons (Fsp3) is 0.333. The molecule has 0 aliphatic rings. The summed E-state index contributed by atoms with van der Waals surface area (Å²) in [4.78, 5) is 0.805. The Labute approximate surface area is 81.9 Å². The highest BCUT2D eigenvalue weighted by molar-refractivity contribution is 7.93. The molecule has 1 N–H and O–H groups in total. The van der Waals surface area contributed by atoms with E-state index >= 15 is 0 Å². The van der Waals surface area contributed by atoms with Gasteiger partial charge in [0.05, 0.1) is 6.61 Å². The third-order valence-electron chi connectivity index (χ3n) is 1.49. The largest absolute Gasteiger partial charge is 0.491 e. The first-order valence-electron chi connectivity index (χ1n) is 3.90. The van der Waals surface area contributed by atoms with E-state index < -0.39 is 0 Å². The third kappa shape index (κ3) is 3.67. The van der Waals surface area contributed by atoms with Gasteiger partial charge in [0.2, 0.25) is 0 Å². The molecule has 0 bridgehead atoms. The van der Waals surface area contributed by atoms with Gasteiger partial charge in [-0.15, -0.1) is 0 Å². The van der Waals surface area contributed by atoms with E-state index in [0.29, 0.717) is 13.2 Å². The van der Waals surface area contributed by atoms with Crippen molar-refractivity contribution in [3.8, 4) is 5.75 Å². The van der Waals surface area contributed by atoms with Gasteiger partial charge in [-0.1, -0.05) is 0 Å². The van der Waals surface area contributed by atoms with E-state index in [1.807, 2.05) is 12.1 Å². The molecule has 3 nitrogen and oxygen atoms in total. The maximum atomic E-state index is 8.70. The summed E-state index contributed by atoms with van der Waals surface area (Å²) in [6.07, 6.45) is 0. The van der Waals surface area contributed by atoms with Gasteiger partial charge in [0.1, 0.15) is 12.4 Å². The van der Waals surface area contributed by atoms with Crippen molar-refractivity contribution in [1.82, 2.24) is 0 Å². The van der Waals surface area contributed by atoms with E-state index in [1.54, 1.807) is 19.2 Å². The van der Waals surface area contributed by atoms with Crippen LogP contribution in [0.15, 0.2) is 29.2 Å². The summed E-state index contributed by atoms with van der Waals surface area (Å²) in [5.41, 5.74) is 0. The Bertz CT molecular complexity index is 235. The fourth-order valence-corrected chi connectivity index (χ4v) is 1.10. The minimum Gasteiger partial charge on any atom is -0.491 e. The predicted octanol–water partition coefficient (Wildman–Crippen LogP) is 2.28. The molecule has 0 heterocycles. The van der Waals surface area contributed by atoms with Crippen molar-refractivity contribution in [2.24, 2.45) is 0 Å². The lowest BCUT2D eigenvalue weighted by Crippen LogP contribution is -2.03. The summed E-state index contributed by atoms with van der Waals surface area (Å²) in [6.45, 7) is 1.12. The lowest BCUT2D eigenvalue weighted by molar-refractivity contribution is 0.146. The predicted molar refractivity (Wildman–Crippen MR) is 52.3 cm³/mol. The Kier molecular flexibility index (Phi) is 4.67. The highest BCUT2D eigenvalue weighted by Gasteiger charge is 1.94. The van der Waals surface area contributed by atoms with Crippen LogP contribution in [-0.2, 0) is 4.74 Å². The topological polar surface area (TPSA) is 38.7 Å². The normalized spacial score (nSPS) is 10.0. The Morgan fingerprint density at radius 2 is 1.92 bits per heavy atom. The monoisotopic (exact) mass is 200 g/mol. The molecule has 1 rings (SSSR count). The Morgan fingerprint density at radius 3 is 2.46 bits per heavy atom. The second-order valence-electron chi connectivity index (χ2n) is 2.40. The Hall–Kier alpha value is -0.710. The molecule has 0 saturated carbocycles. The molecule has 0 fully saturated rings. The second-order valence-corrected chi connectivity index (χ2v) is 3.06. The molecular weight excluding hydrogens is 188 g/mol. The van der Waals surface area contributed by atoms with E-state index in [1.165, 1.54) is 0 Å². The summed E-state index contributed by atoms with van der Waals surface area (Å²) >= 11 is 0.726.